The SMILES string of the molecule is Cc1ccsc1C=Cc1ccc2ccccc2n1. The van der Waals surface area contributed by atoms with Crippen molar-refractivity contribution in [3.63, 3.8) is 0 Å². The summed E-state index contributed by atoms with van der Waals surface area (Å²) < 4.78 is 0. The van der Waals surface area contributed by atoms with Crippen LogP contribution in [0.15, 0.2) is 47.8 Å². The highest BCUT2D eigenvalue weighted by Crippen LogP contribution is 2.19. The molecule has 0 unspecified atom stereocenters. The monoisotopic (exact) mass is 251 g/mol. The number of pyridine rings is 1. The lowest BCUT2D eigenvalue weighted by Crippen LogP contribution is -1.82. The molecule has 2 aromatic heterocycles. The van der Waals surface area contributed by atoms with Crippen LogP contribution in [-0.4, -0.2) is 4.98 Å². The molecule has 0 radical (unpaired) electrons. The lowest BCUT2D eigenvalue weighted by molar-refractivity contribution is 1.37. The Kier molecular flexibility index (Phi) is 2.95. The zero-order valence-electron chi connectivity index (χ0n) is 10.1. The third kappa shape index (κ3) is 2.20. The van der Waals surface area contributed by atoms with Crippen LogP contribution < -0.4 is 0 Å². The molecular formula is C16H13NS. The van der Waals surface area contributed by atoms with Gasteiger partial charge in [0.05, 0.1) is 11.2 Å². The lowest BCUT2D eigenvalue weighted by atomic mass is 10.2. The third-order valence-electron chi connectivity index (χ3n) is 2.93. The number of hydrogen-bond acceptors (Lipinski definition) is 2. The number of rotatable bonds is 2. The molecule has 0 aliphatic rings. The second-order valence-electron chi connectivity index (χ2n) is 4.23. The Morgan fingerprint density at radius 1 is 1.00 bits per heavy atom. The van der Waals surface area contributed by atoms with Crippen LogP contribution in [0.25, 0.3) is 23.1 Å². The molecule has 0 N–H and O–H groups in total. The van der Waals surface area contributed by atoms with Gasteiger partial charge in [-0.3, -0.25) is 0 Å². The summed E-state index contributed by atoms with van der Waals surface area (Å²) in [5.41, 5.74) is 3.36. The van der Waals surface area contributed by atoms with Crippen molar-refractivity contribution in [2.75, 3.05) is 0 Å². The van der Waals surface area contributed by atoms with Crippen LogP contribution in [-0.2, 0) is 0 Å². The molecule has 3 rings (SSSR count). The Hall–Kier alpha value is -1.93. The van der Waals surface area contributed by atoms with E-state index in [2.05, 4.69) is 53.7 Å². The number of fused-ring (bicyclic) bond motifs is 1. The van der Waals surface area contributed by atoms with Gasteiger partial charge in [0, 0.05) is 10.3 Å². The fourth-order valence-electron chi connectivity index (χ4n) is 1.89. The minimum absolute atomic E-state index is 1.00. The topological polar surface area (TPSA) is 12.9 Å². The Morgan fingerprint density at radius 2 is 1.89 bits per heavy atom. The highest BCUT2D eigenvalue weighted by atomic mass is 32.1. The predicted octanol–water partition coefficient (Wildman–Crippen LogP) is 4.78. The van der Waals surface area contributed by atoms with E-state index in [0.29, 0.717) is 0 Å². The predicted molar refractivity (Wildman–Crippen MR) is 79.7 cm³/mol. The van der Waals surface area contributed by atoms with Crippen molar-refractivity contribution in [3.05, 3.63) is 64.0 Å². The van der Waals surface area contributed by atoms with E-state index in [1.165, 1.54) is 15.8 Å². The average molecular weight is 251 g/mol. The molecular weight excluding hydrogens is 238 g/mol. The van der Waals surface area contributed by atoms with E-state index in [9.17, 15) is 0 Å². The normalized spacial score (nSPS) is 11.4. The Labute approximate surface area is 110 Å². The van der Waals surface area contributed by atoms with Gasteiger partial charge in [-0.1, -0.05) is 24.3 Å². The molecule has 0 bridgehead atoms. The van der Waals surface area contributed by atoms with Gasteiger partial charge in [-0.2, -0.15) is 0 Å². The van der Waals surface area contributed by atoms with Crippen LogP contribution in [0.3, 0.4) is 0 Å². The molecule has 0 aliphatic heterocycles. The molecule has 2 heterocycles. The van der Waals surface area contributed by atoms with Crippen molar-refractivity contribution in [2.24, 2.45) is 0 Å². The molecule has 0 amide bonds. The van der Waals surface area contributed by atoms with Crippen LogP contribution in [0.1, 0.15) is 16.1 Å². The van der Waals surface area contributed by atoms with Gasteiger partial charge in [0.1, 0.15) is 0 Å². The summed E-state index contributed by atoms with van der Waals surface area (Å²) in [5, 5.41) is 3.30. The van der Waals surface area contributed by atoms with Crippen molar-refractivity contribution < 1.29 is 0 Å². The van der Waals surface area contributed by atoms with Crippen molar-refractivity contribution in [3.8, 4) is 0 Å². The average Bonchev–Trinajstić information content (AvgIpc) is 2.82. The molecule has 0 saturated carbocycles. The first-order valence-corrected chi connectivity index (χ1v) is 6.79. The van der Waals surface area contributed by atoms with Crippen LogP contribution in [0.2, 0.25) is 0 Å². The summed E-state index contributed by atoms with van der Waals surface area (Å²) in [6.07, 6.45) is 4.21. The molecule has 18 heavy (non-hydrogen) atoms. The van der Waals surface area contributed by atoms with Crippen molar-refractivity contribution in [2.45, 2.75) is 6.92 Å². The standard InChI is InChI=1S/C16H13NS/c1-12-10-11-18-16(12)9-8-14-7-6-13-4-2-3-5-15(13)17-14/h2-11H,1H3. The quantitative estimate of drug-likeness (QED) is 0.639. The first-order chi connectivity index (χ1) is 8.83. The largest absolute Gasteiger partial charge is 0.248 e. The molecule has 1 aromatic carbocycles. The van der Waals surface area contributed by atoms with E-state index >= 15 is 0 Å². The zero-order valence-corrected chi connectivity index (χ0v) is 10.9. The summed E-state index contributed by atoms with van der Waals surface area (Å²) >= 11 is 1.76. The molecule has 1 nitrogen and oxygen atoms in total. The number of benzene rings is 1. The summed E-state index contributed by atoms with van der Waals surface area (Å²) in [5.74, 6) is 0. The molecule has 88 valence electrons. The molecule has 0 fully saturated rings. The summed E-state index contributed by atoms with van der Waals surface area (Å²) in [6, 6.07) is 14.5. The number of thiophene rings is 1. The van der Waals surface area contributed by atoms with Gasteiger partial charge in [0.15, 0.2) is 0 Å². The number of aryl methyl sites for hydroxylation is 1. The number of hydrogen-bond donors (Lipinski definition) is 0. The molecule has 0 spiro atoms. The highest BCUT2D eigenvalue weighted by Gasteiger charge is 1.96. The van der Waals surface area contributed by atoms with Gasteiger partial charge in [-0.25, -0.2) is 4.98 Å². The van der Waals surface area contributed by atoms with Gasteiger partial charge in [0.25, 0.3) is 0 Å². The van der Waals surface area contributed by atoms with E-state index in [1.54, 1.807) is 11.3 Å². The molecule has 2 heteroatoms. The maximum atomic E-state index is 4.62. The lowest BCUT2D eigenvalue weighted by Gasteiger charge is -1.98. The molecule has 3 aromatic rings. The van der Waals surface area contributed by atoms with Crippen LogP contribution in [0.5, 0.6) is 0 Å². The van der Waals surface area contributed by atoms with Crippen LogP contribution >= 0.6 is 11.3 Å². The zero-order chi connectivity index (χ0) is 12.4. The molecule has 0 aliphatic carbocycles. The van der Waals surface area contributed by atoms with E-state index in [-0.39, 0.29) is 0 Å². The first kappa shape index (κ1) is 11.2. The van der Waals surface area contributed by atoms with Crippen molar-refractivity contribution in [1.82, 2.24) is 4.98 Å². The molecule has 0 saturated heterocycles. The number of para-hydroxylation sites is 1. The number of nitrogens with zero attached hydrogens (tertiary/aromatic N) is 1. The van der Waals surface area contributed by atoms with E-state index in [0.717, 1.165) is 11.2 Å². The van der Waals surface area contributed by atoms with E-state index in [1.807, 2.05) is 18.2 Å². The van der Waals surface area contributed by atoms with Gasteiger partial charge in [-0.05, 0) is 48.2 Å². The Balaban J connectivity index is 1.95. The minimum Gasteiger partial charge on any atom is -0.248 e. The Morgan fingerprint density at radius 3 is 2.72 bits per heavy atom. The second kappa shape index (κ2) is 4.75. The van der Waals surface area contributed by atoms with Crippen molar-refractivity contribution >= 4 is 34.4 Å². The van der Waals surface area contributed by atoms with E-state index in [4.69, 9.17) is 0 Å². The van der Waals surface area contributed by atoms with Crippen LogP contribution in [0, 0.1) is 6.92 Å². The Bertz CT molecular complexity index is 710. The first-order valence-electron chi connectivity index (χ1n) is 5.91. The summed E-state index contributed by atoms with van der Waals surface area (Å²) in [7, 11) is 0. The van der Waals surface area contributed by atoms with Crippen LogP contribution in [0.4, 0.5) is 0 Å². The maximum absolute atomic E-state index is 4.62. The van der Waals surface area contributed by atoms with E-state index < -0.39 is 0 Å². The number of aromatic nitrogens is 1. The fourth-order valence-corrected chi connectivity index (χ4v) is 2.71. The minimum atomic E-state index is 1.00. The summed E-state index contributed by atoms with van der Waals surface area (Å²) in [4.78, 5) is 5.92. The third-order valence-corrected chi connectivity index (χ3v) is 3.91. The van der Waals surface area contributed by atoms with Crippen molar-refractivity contribution in [1.29, 1.82) is 0 Å². The highest BCUT2D eigenvalue weighted by molar-refractivity contribution is 7.11. The van der Waals surface area contributed by atoms with Gasteiger partial charge in [-0.15, -0.1) is 11.3 Å². The van der Waals surface area contributed by atoms with Gasteiger partial charge >= 0.3 is 0 Å². The molecule has 0 atom stereocenters. The fraction of sp³-hybridized carbons (Fsp3) is 0.0625. The van der Waals surface area contributed by atoms with Gasteiger partial charge < -0.3 is 0 Å². The second-order valence-corrected chi connectivity index (χ2v) is 5.18. The smallest absolute Gasteiger partial charge is 0.0709 e. The maximum Gasteiger partial charge on any atom is 0.0709 e. The summed E-state index contributed by atoms with van der Waals surface area (Å²) in [6.45, 7) is 2.13. The van der Waals surface area contributed by atoms with Gasteiger partial charge in [0.2, 0.25) is 0 Å².